The number of nitrogen functional groups attached to an aromatic ring is 1. The van der Waals surface area contributed by atoms with E-state index in [1.165, 1.54) is 12.1 Å². The highest BCUT2D eigenvalue weighted by Gasteiger charge is 2.09. The second-order valence-corrected chi connectivity index (χ2v) is 5.37. The topological polar surface area (TPSA) is 59.1 Å². The molecule has 2 aromatic carbocycles. The summed E-state index contributed by atoms with van der Waals surface area (Å²) >= 11 is 9.19. The van der Waals surface area contributed by atoms with Crippen molar-refractivity contribution in [2.24, 2.45) is 5.73 Å². The van der Waals surface area contributed by atoms with E-state index in [-0.39, 0.29) is 12.4 Å². The average molecular weight is 358 g/mol. The smallest absolute Gasteiger partial charge is 0.134 e. The van der Waals surface area contributed by atoms with Crippen LogP contribution in [-0.2, 0) is 6.61 Å². The van der Waals surface area contributed by atoms with Crippen molar-refractivity contribution in [1.29, 1.82) is 5.41 Å². The molecule has 0 aliphatic rings. The van der Waals surface area contributed by atoms with Crippen molar-refractivity contribution < 1.29 is 9.13 Å². The molecule has 0 radical (unpaired) electrons. The Morgan fingerprint density at radius 2 is 2.05 bits per heavy atom. The van der Waals surface area contributed by atoms with Crippen LogP contribution in [0.1, 0.15) is 11.1 Å². The van der Waals surface area contributed by atoms with Crippen LogP contribution in [0.3, 0.4) is 0 Å². The van der Waals surface area contributed by atoms with Crippen LogP contribution in [0.2, 0.25) is 5.02 Å². The molecule has 0 bridgehead atoms. The molecule has 0 saturated carbocycles. The molecule has 0 aliphatic heterocycles. The zero-order valence-corrected chi connectivity index (χ0v) is 12.6. The number of hydrogen-bond donors (Lipinski definition) is 2. The molecule has 0 spiro atoms. The standard InChI is InChI=1S/C14H11BrClFN2O/c15-12-5-9(16)2-4-13(12)20-7-8-1-3-10(17)6-11(8)14(18)19/h1-6H,7H2,(H3,18,19). The monoisotopic (exact) mass is 356 g/mol. The molecule has 2 aromatic rings. The molecule has 104 valence electrons. The predicted molar refractivity (Wildman–Crippen MR) is 80.9 cm³/mol. The number of nitrogens with one attached hydrogen (secondary N) is 1. The summed E-state index contributed by atoms with van der Waals surface area (Å²) in [6, 6.07) is 9.23. The van der Waals surface area contributed by atoms with E-state index in [9.17, 15) is 4.39 Å². The van der Waals surface area contributed by atoms with Gasteiger partial charge in [-0.2, -0.15) is 0 Å². The van der Waals surface area contributed by atoms with Crippen LogP contribution >= 0.6 is 27.5 Å². The van der Waals surface area contributed by atoms with Crippen LogP contribution in [0.4, 0.5) is 4.39 Å². The van der Waals surface area contributed by atoms with Crippen LogP contribution in [0.25, 0.3) is 0 Å². The summed E-state index contributed by atoms with van der Waals surface area (Å²) in [5.74, 6) is -0.0295. The van der Waals surface area contributed by atoms with Gasteiger partial charge in [-0.15, -0.1) is 0 Å². The van der Waals surface area contributed by atoms with E-state index in [4.69, 9.17) is 27.5 Å². The van der Waals surface area contributed by atoms with Crippen molar-refractivity contribution in [3.8, 4) is 5.75 Å². The molecule has 0 heterocycles. The highest BCUT2D eigenvalue weighted by atomic mass is 79.9. The van der Waals surface area contributed by atoms with Gasteiger partial charge in [0.1, 0.15) is 24.0 Å². The quantitative estimate of drug-likeness (QED) is 0.639. The third-order valence-corrected chi connectivity index (χ3v) is 3.49. The molecular weight excluding hydrogens is 347 g/mol. The summed E-state index contributed by atoms with van der Waals surface area (Å²) in [5, 5.41) is 8.05. The highest BCUT2D eigenvalue weighted by Crippen LogP contribution is 2.28. The maximum Gasteiger partial charge on any atom is 0.134 e. The largest absolute Gasteiger partial charge is 0.488 e. The van der Waals surface area contributed by atoms with Gasteiger partial charge in [-0.25, -0.2) is 4.39 Å². The Kier molecular flexibility index (Phi) is 4.62. The minimum Gasteiger partial charge on any atom is -0.488 e. The van der Waals surface area contributed by atoms with Crippen LogP contribution < -0.4 is 10.5 Å². The maximum absolute atomic E-state index is 13.2. The van der Waals surface area contributed by atoms with Crippen LogP contribution in [0.15, 0.2) is 40.9 Å². The van der Waals surface area contributed by atoms with E-state index in [0.29, 0.717) is 21.9 Å². The third-order valence-electron chi connectivity index (χ3n) is 2.64. The van der Waals surface area contributed by atoms with Gasteiger partial charge in [-0.3, -0.25) is 5.41 Å². The van der Waals surface area contributed by atoms with Crippen molar-refractivity contribution in [1.82, 2.24) is 0 Å². The van der Waals surface area contributed by atoms with Gasteiger partial charge in [-0.05, 0) is 46.3 Å². The molecule has 3 N–H and O–H groups in total. The highest BCUT2D eigenvalue weighted by molar-refractivity contribution is 9.10. The van der Waals surface area contributed by atoms with Gasteiger partial charge < -0.3 is 10.5 Å². The fourth-order valence-corrected chi connectivity index (χ4v) is 2.47. The van der Waals surface area contributed by atoms with Crippen molar-refractivity contribution in [3.63, 3.8) is 0 Å². The summed E-state index contributed by atoms with van der Waals surface area (Å²) in [6.07, 6.45) is 0. The molecular formula is C14H11BrClFN2O. The Balaban J connectivity index is 2.20. The Bertz CT molecular complexity index is 664. The summed E-state index contributed by atoms with van der Waals surface area (Å²) in [4.78, 5) is 0. The molecule has 0 unspecified atom stereocenters. The Morgan fingerprint density at radius 1 is 1.30 bits per heavy atom. The molecule has 0 fully saturated rings. The second kappa shape index (κ2) is 6.24. The van der Waals surface area contributed by atoms with Crippen LogP contribution in [0.5, 0.6) is 5.75 Å². The van der Waals surface area contributed by atoms with Crippen molar-refractivity contribution >= 4 is 33.4 Å². The molecule has 20 heavy (non-hydrogen) atoms. The van der Waals surface area contributed by atoms with Gasteiger partial charge in [0, 0.05) is 16.1 Å². The fraction of sp³-hybridized carbons (Fsp3) is 0.0714. The molecule has 0 aromatic heterocycles. The summed E-state index contributed by atoms with van der Waals surface area (Å²) < 4.78 is 19.5. The van der Waals surface area contributed by atoms with E-state index < -0.39 is 5.82 Å². The van der Waals surface area contributed by atoms with Gasteiger partial charge in [-0.1, -0.05) is 17.7 Å². The first-order valence-electron chi connectivity index (χ1n) is 5.68. The van der Waals surface area contributed by atoms with Gasteiger partial charge >= 0.3 is 0 Å². The van der Waals surface area contributed by atoms with Gasteiger partial charge in [0.15, 0.2) is 0 Å². The van der Waals surface area contributed by atoms with E-state index in [1.807, 2.05) is 0 Å². The van der Waals surface area contributed by atoms with E-state index in [0.717, 1.165) is 4.47 Å². The van der Waals surface area contributed by atoms with Gasteiger partial charge in [0.25, 0.3) is 0 Å². The number of amidine groups is 1. The first kappa shape index (κ1) is 14.8. The van der Waals surface area contributed by atoms with E-state index in [2.05, 4.69) is 15.9 Å². The fourth-order valence-electron chi connectivity index (χ4n) is 1.67. The molecule has 3 nitrogen and oxygen atoms in total. The van der Waals surface area contributed by atoms with Crippen molar-refractivity contribution in [2.45, 2.75) is 6.61 Å². The third kappa shape index (κ3) is 3.49. The van der Waals surface area contributed by atoms with Gasteiger partial charge in [0.2, 0.25) is 0 Å². The number of ether oxygens (including phenoxy) is 1. The molecule has 6 heteroatoms. The summed E-state index contributed by atoms with van der Waals surface area (Å²) in [6.45, 7) is 0.176. The molecule has 2 rings (SSSR count). The normalized spacial score (nSPS) is 10.3. The average Bonchev–Trinajstić information content (AvgIpc) is 2.38. The van der Waals surface area contributed by atoms with Gasteiger partial charge in [0.05, 0.1) is 4.47 Å². The lowest BCUT2D eigenvalue weighted by Gasteiger charge is -2.11. The number of benzene rings is 2. The minimum atomic E-state index is -0.438. The predicted octanol–water partition coefficient (Wildman–Crippen LogP) is 4.10. The van der Waals surface area contributed by atoms with Crippen LogP contribution in [-0.4, -0.2) is 5.84 Å². The number of hydrogen-bond acceptors (Lipinski definition) is 2. The molecule has 0 amide bonds. The lowest BCUT2D eigenvalue weighted by atomic mass is 10.1. The summed E-state index contributed by atoms with van der Waals surface area (Å²) in [5.41, 5.74) is 6.40. The van der Waals surface area contributed by atoms with E-state index in [1.54, 1.807) is 24.3 Å². The zero-order valence-electron chi connectivity index (χ0n) is 10.3. The lowest BCUT2D eigenvalue weighted by Crippen LogP contribution is -2.15. The SMILES string of the molecule is N=C(N)c1cc(F)ccc1COc1ccc(Cl)cc1Br. The number of halogens is 3. The molecule has 0 saturated heterocycles. The minimum absolute atomic E-state index is 0.176. The van der Waals surface area contributed by atoms with Crippen molar-refractivity contribution in [3.05, 3.63) is 62.8 Å². The van der Waals surface area contributed by atoms with E-state index >= 15 is 0 Å². The molecule has 0 aliphatic carbocycles. The first-order valence-corrected chi connectivity index (χ1v) is 6.85. The molecule has 0 atom stereocenters. The maximum atomic E-state index is 13.2. The zero-order chi connectivity index (χ0) is 14.7. The lowest BCUT2D eigenvalue weighted by molar-refractivity contribution is 0.304. The van der Waals surface area contributed by atoms with Crippen LogP contribution in [0, 0.1) is 11.2 Å². The Morgan fingerprint density at radius 3 is 2.70 bits per heavy atom. The first-order chi connectivity index (χ1) is 9.47. The van der Waals surface area contributed by atoms with Crippen molar-refractivity contribution in [2.75, 3.05) is 0 Å². The summed E-state index contributed by atoms with van der Waals surface area (Å²) in [7, 11) is 0. The second-order valence-electron chi connectivity index (χ2n) is 4.08. The number of nitrogens with two attached hydrogens (primary N) is 1. The Labute approximate surface area is 129 Å². The number of rotatable bonds is 4. The Hall–Kier alpha value is -1.59.